The summed E-state index contributed by atoms with van der Waals surface area (Å²) in [4.78, 5) is 18.5. The average molecular weight is 1120 g/mol. The van der Waals surface area contributed by atoms with E-state index < -0.39 is 137 Å². The Bertz CT molecular complexity index is 2170. The molecule has 0 radical (unpaired) electrons. The second-order valence-corrected chi connectivity index (χ2v) is 25.1. The maximum absolute atomic E-state index is 14.9. The summed E-state index contributed by atoms with van der Waals surface area (Å²) in [5, 5.41) is 61.5. The van der Waals surface area contributed by atoms with Gasteiger partial charge in [0.25, 0.3) is 0 Å². The van der Waals surface area contributed by atoms with Gasteiger partial charge >= 0.3 is 5.97 Å². The van der Waals surface area contributed by atoms with Crippen LogP contribution in [0, 0.1) is 17.8 Å². The van der Waals surface area contributed by atoms with E-state index in [1.807, 2.05) is 37.7 Å². The number of hydrogen-bond acceptors (Lipinski definition) is 21. The van der Waals surface area contributed by atoms with Crippen molar-refractivity contribution in [3.8, 4) is 0 Å². The molecule has 4 aliphatic rings. The highest BCUT2D eigenvalue weighted by atomic mass is 32.2. The summed E-state index contributed by atoms with van der Waals surface area (Å²) in [7, 11) is 4.50. The number of methoxy groups -OCH3 is 3. The van der Waals surface area contributed by atoms with Crippen molar-refractivity contribution in [2.24, 2.45) is 17.8 Å². The number of rotatable bonds is 19. The maximum atomic E-state index is 14.9. The Morgan fingerprint density at radius 1 is 0.961 bits per heavy atom. The van der Waals surface area contributed by atoms with Gasteiger partial charge < -0.3 is 78.7 Å². The molecule has 444 valence electrons. The largest absolute Gasteiger partial charge is 0.459 e. The minimum atomic E-state index is -3.57. The number of nitrogens with zero attached hydrogens (tertiary/aromatic N) is 3. The summed E-state index contributed by atoms with van der Waals surface area (Å²) in [6, 6.07) is 4.24. The number of benzene rings is 1. The van der Waals surface area contributed by atoms with E-state index >= 15 is 0 Å². The van der Waals surface area contributed by atoms with Crippen LogP contribution in [0.15, 0.2) is 41.1 Å². The molecule has 0 saturated carbocycles. The highest BCUT2D eigenvalue weighted by Crippen LogP contribution is 2.41. The van der Waals surface area contributed by atoms with Gasteiger partial charge in [0.1, 0.15) is 48.8 Å². The topological polar surface area (TPSA) is 260 Å². The Kier molecular flexibility index (Phi) is 23.2. The smallest absolute Gasteiger partial charge is 0.311 e. The Labute approximate surface area is 456 Å². The number of hydrogen-bond donors (Lipinski definition) is 7. The third-order valence-corrected chi connectivity index (χ3v) is 18.4. The van der Waals surface area contributed by atoms with E-state index in [1.54, 1.807) is 71.8 Å². The van der Waals surface area contributed by atoms with Crippen LogP contribution in [0.25, 0.3) is 0 Å². The number of hydrazine groups is 2. The van der Waals surface area contributed by atoms with E-state index in [2.05, 4.69) is 11.0 Å². The SMILES string of the molecule is CC[C@H]1OC(=O)[C@H](C)[C@@H](O[C@H]2C[C@@](C)(OC)[C@@H](O)[C@H](C)O2)[C@H](C)[C@@H](O[C@@H]2O[C@H](C)C[C@H](N(C)CCC3=CN([C@H](CF)[C@H](OC)c4ccc(S(=O)(=O)CCOC)cc4)NN3)[C@H]2O)[C@](C)(O)C[C@@H](C)CN(C)[C@H](C)[C@@H](O)[C@]1(C)O. The summed E-state index contributed by atoms with van der Waals surface area (Å²) in [6.45, 7) is 17.4. The van der Waals surface area contributed by atoms with Crippen molar-refractivity contribution in [1.29, 1.82) is 0 Å². The van der Waals surface area contributed by atoms with Crippen molar-refractivity contribution in [3.63, 3.8) is 0 Å². The second kappa shape index (κ2) is 27.4. The number of carbonyl (C=O) groups is 1. The maximum Gasteiger partial charge on any atom is 0.311 e. The highest BCUT2D eigenvalue weighted by Gasteiger charge is 2.53. The molecule has 0 aliphatic carbocycles. The number of aliphatic hydroxyl groups excluding tert-OH is 3. The van der Waals surface area contributed by atoms with Crippen LogP contribution in [0.4, 0.5) is 4.39 Å². The van der Waals surface area contributed by atoms with E-state index in [9.17, 15) is 43.1 Å². The molecule has 1 aromatic rings. The zero-order valence-electron chi connectivity index (χ0n) is 48.1. The van der Waals surface area contributed by atoms with Crippen LogP contribution in [0.3, 0.4) is 0 Å². The molecule has 1 aromatic carbocycles. The minimum absolute atomic E-state index is 0.0543. The lowest BCUT2D eigenvalue weighted by Gasteiger charge is -2.49. The van der Waals surface area contributed by atoms with Crippen LogP contribution in [0.2, 0.25) is 0 Å². The van der Waals surface area contributed by atoms with Crippen LogP contribution in [0.5, 0.6) is 0 Å². The van der Waals surface area contributed by atoms with Crippen molar-refractivity contribution in [2.45, 2.75) is 209 Å². The first-order valence-corrected chi connectivity index (χ1v) is 28.8. The van der Waals surface area contributed by atoms with Crippen LogP contribution in [-0.2, 0) is 52.5 Å². The first-order chi connectivity index (χ1) is 36.0. The molecule has 77 heavy (non-hydrogen) atoms. The first-order valence-electron chi connectivity index (χ1n) is 27.2. The number of esters is 1. The zero-order valence-corrected chi connectivity index (χ0v) is 48.9. The third-order valence-electron chi connectivity index (χ3n) is 16.7. The molecule has 3 fully saturated rings. The fraction of sp³-hybridized carbons (Fsp3) is 0.833. The summed E-state index contributed by atoms with van der Waals surface area (Å²) in [5.41, 5.74) is 2.82. The van der Waals surface area contributed by atoms with E-state index in [0.717, 1.165) is 5.70 Å². The van der Waals surface area contributed by atoms with Gasteiger partial charge in [-0.2, -0.15) is 0 Å². The fourth-order valence-electron chi connectivity index (χ4n) is 11.8. The van der Waals surface area contributed by atoms with E-state index in [1.165, 1.54) is 40.4 Å². The first kappa shape index (κ1) is 65.1. The number of ether oxygens (including phenoxy) is 8. The number of sulfone groups is 1. The van der Waals surface area contributed by atoms with Gasteiger partial charge in [-0.25, -0.2) is 12.8 Å². The summed E-state index contributed by atoms with van der Waals surface area (Å²) < 4.78 is 89.4. The van der Waals surface area contributed by atoms with Gasteiger partial charge in [-0.3, -0.25) is 9.80 Å². The minimum Gasteiger partial charge on any atom is -0.459 e. The molecule has 0 aromatic heterocycles. The molecule has 21 nitrogen and oxygen atoms in total. The molecule has 0 bridgehead atoms. The summed E-state index contributed by atoms with van der Waals surface area (Å²) >= 11 is 0. The van der Waals surface area contributed by atoms with Gasteiger partial charge in [0, 0.05) is 77.2 Å². The Morgan fingerprint density at radius 2 is 1.62 bits per heavy atom. The number of aliphatic hydroxyl groups is 5. The molecule has 5 rings (SSSR count). The lowest BCUT2D eigenvalue weighted by atomic mass is 9.77. The lowest BCUT2D eigenvalue weighted by Crippen LogP contribution is -2.61. The average Bonchev–Trinajstić information content (AvgIpc) is 3.86. The zero-order chi connectivity index (χ0) is 57.5. The monoisotopic (exact) mass is 1120 g/mol. The van der Waals surface area contributed by atoms with Gasteiger partial charge in [0.05, 0.1) is 58.8 Å². The normalized spacial score (nSPS) is 39.3. The predicted octanol–water partition coefficient (Wildman–Crippen LogP) is 2.97. The highest BCUT2D eigenvalue weighted by molar-refractivity contribution is 7.91. The van der Waals surface area contributed by atoms with E-state index in [-0.39, 0.29) is 42.4 Å². The number of halogens is 1. The van der Waals surface area contributed by atoms with E-state index in [4.69, 9.17) is 37.9 Å². The summed E-state index contributed by atoms with van der Waals surface area (Å²) in [6.07, 6.45) is -8.25. The second-order valence-electron chi connectivity index (χ2n) is 23.0. The molecule has 23 heteroatoms. The van der Waals surface area contributed by atoms with Crippen molar-refractivity contribution in [3.05, 3.63) is 41.7 Å². The number of carbonyl (C=O) groups excluding carboxylic acids is 1. The van der Waals surface area contributed by atoms with Gasteiger partial charge in [0.15, 0.2) is 22.4 Å². The van der Waals surface area contributed by atoms with Crippen LogP contribution >= 0.6 is 0 Å². The van der Waals surface area contributed by atoms with Crippen LogP contribution < -0.4 is 11.0 Å². The van der Waals surface area contributed by atoms with Crippen molar-refractivity contribution < 1.29 is 81.0 Å². The Morgan fingerprint density at radius 3 is 2.22 bits per heavy atom. The number of likely N-dealkylation sites (N-methyl/N-ethyl adjacent to an activating group) is 2. The molecule has 4 aliphatic heterocycles. The molecule has 0 unspecified atom stereocenters. The van der Waals surface area contributed by atoms with Gasteiger partial charge in [-0.05, 0) is 105 Å². The molecular weight excluding hydrogens is 1030 g/mol. The third kappa shape index (κ3) is 15.5. The quantitative estimate of drug-likeness (QED) is 0.0983. The lowest BCUT2D eigenvalue weighted by molar-refractivity contribution is -0.318. The van der Waals surface area contributed by atoms with Crippen molar-refractivity contribution >= 4 is 15.8 Å². The summed E-state index contributed by atoms with van der Waals surface area (Å²) in [5.74, 6) is -3.10. The molecule has 0 spiro atoms. The van der Waals surface area contributed by atoms with Gasteiger partial charge in [0.2, 0.25) is 0 Å². The van der Waals surface area contributed by atoms with Crippen molar-refractivity contribution in [2.75, 3.05) is 67.5 Å². The molecule has 7 N–H and O–H groups in total. The predicted molar refractivity (Wildman–Crippen MR) is 284 cm³/mol. The van der Waals surface area contributed by atoms with Crippen LogP contribution in [-0.4, -0.2) is 219 Å². The molecule has 3 saturated heterocycles. The molecule has 0 amide bonds. The molecule has 20 atom stereocenters. The van der Waals surface area contributed by atoms with Gasteiger partial charge in [-0.1, -0.05) is 32.9 Å². The van der Waals surface area contributed by atoms with Gasteiger partial charge in [-0.15, -0.1) is 5.53 Å². The number of alkyl halides is 1. The number of nitrogens with one attached hydrogen (secondary N) is 2. The Hall–Kier alpha value is -2.69. The Balaban J connectivity index is 1.41. The molecule has 4 heterocycles. The molecular formula is C54H94FN5O16S. The fourth-order valence-corrected chi connectivity index (χ4v) is 13.0. The van der Waals surface area contributed by atoms with Crippen molar-refractivity contribution in [1.82, 2.24) is 25.8 Å². The number of cyclic esters (lactones) is 1. The van der Waals surface area contributed by atoms with E-state index in [0.29, 0.717) is 31.5 Å². The van der Waals surface area contributed by atoms with Crippen LogP contribution in [0.1, 0.15) is 113 Å². The standard InChI is InChI=1S/C54H94FN5O16S/c1-16-42-54(10,66)47(62)35(6)59(12)29-31(2)26-52(8,65)49(33(4)45(34(5)50(64)74-42)75-43-27-53(9,71-15)48(63)36(7)73-43)76-51-44(61)40(25-32(3)72-51)58(11)22-21-38-30-60(57-56-38)41(28-55)46(70-14)37-17-19-39(20-18-37)77(67,68)24-23-69-13/h17-20,30-36,40-49,51,56-57,61-63,65-66H,16,21-29H2,1-15H3/t31-,32-,33+,34-,35-,36+,40+,41-,42-,43+,44-,45+,46-,47-,48+,49-,51+,52-,53-,54-/m1/s1.